The topological polar surface area (TPSA) is 389 Å². The average molecular weight is 1630 g/mol. The van der Waals surface area contributed by atoms with E-state index in [9.17, 15) is 97.0 Å². The Morgan fingerprint density at radius 2 is 0.928 bits per heavy atom. The van der Waals surface area contributed by atoms with Gasteiger partial charge in [0.05, 0.1) is 93.3 Å². The molecular formula is C73H69BrF9N9O19. The van der Waals surface area contributed by atoms with Gasteiger partial charge in [-0.2, -0.15) is 39.5 Å². The first-order valence-electron chi connectivity index (χ1n) is 31.8. The van der Waals surface area contributed by atoms with Crippen LogP contribution in [0.15, 0.2) is 173 Å². The quantitative estimate of drug-likeness (QED) is 0.0185. The van der Waals surface area contributed by atoms with E-state index in [0.717, 1.165) is 96.7 Å². The molecule has 28 nitrogen and oxygen atoms in total. The highest BCUT2D eigenvalue weighted by Gasteiger charge is 2.41. The molecule has 1 saturated heterocycles. The molecule has 3 aromatic carbocycles. The summed E-state index contributed by atoms with van der Waals surface area (Å²) in [5.74, 6) is -5.33. The van der Waals surface area contributed by atoms with Crippen LogP contribution in [0.4, 0.5) is 60.5 Å². The molecule has 3 aliphatic rings. The molecule has 0 bridgehead atoms. The number of alkyl halides is 9. The SMILES string of the molecule is C1CCOC1.COC(=O)C1=C(C)N(c2cccc(C(F)(F)F)c2)C(=O)NC1c1ccc(C(=O)O)nc1.COC(=O)C1=C(C)N(c2cccc(C(F)(F)F)c2)C(=O)NC1c1ccc(C(=O)OC)nc1.COC(=O)CC(C)=O.COC(=O)c1ccc(C=O)cn1.NC(=O)Cc1cccc(C(F)(F)F)c1.O=Cc1ccc(Br)nc1. The van der Waals surface area contributed by atoms with E-state index in [-0.39, 0.29) is 75.2 Å². The van der Waals surface area contributed by atoms with Gasteiger partial charge in [0.1, 0.15) is 33.9 Å². The lowest BCUT2D eigenvalue weighted by atomic mass is 9.95. The highest BCUT2D eigenvalue weighted by molar-refractivity contribution is 9.10. The molecule has 7 heterocycles. The number of ether oxygens (including phenoxy) is 6. The molecule has 2 atom stereocenters. The smallest absolute Gasteiger partial charge is 0.416 e. The van der Waals surface area contributed by atoms with Gasteiger partial charge < -0.3 is 49.9 Å². The van der Waals surface area contributed by atoms with Crippen LogP contribution in [0.25, 0.3) is 0 Å². The number of primary amides is 1. The maximum atomic E-state index is 13.1. The normalized spacial score (nSPS) is 14.3. The average Bonchev–Trinajstić information content (AvgIpc) is 0.795. The number of hydrogen-bond acceptors (Lipinski definition) is 22. The molecule has 5 N–H and O–H groups in total. The number of methoxy groups -OCH3 is 5. The number of allylic oxidation sites excluding steroid dienone is 2. The maximum Gasteiger partial charge on any atom is 0.416 e. The van der Waals surface area contributed by atoms with Crippen molar-refractivity contribution in [3.05, 3.63) is 235 Å². The molecule has 590 valence electrons. The van der Waals surface area contributed by atoms with Gasteiger partial charge in [0.15, 0.2) is 12.6 Å². The van der Waals surface area contributed by atoms with Crippen LogP contribution in [0, 0.1) is 0 Å². The van der Waals surface area contributed by atoms with Crippen LogP contribution in [0.1, 0.15) is 138 Å². The van der Waals surface area contributed by atoms with Crippen molar-refractivity contribution in [2.24, 2.45) is 5.73 Å². The van der Waals surface area contributed by atoms with E-state index in [1.807, 2.05) is 0 Å². The lowest BCUT2D eigenvalue weighted by Gasteiger charge is -2.35. The number of ketones is 1. The number of pyridine rings is 4. The Morgan fingerprint density at radius 3 is 1.23 bits per heavy atom. The van der Waals surface area contributed by atoms with Gasteiger partial charge in [-0.1, -0.05) is 42.5 Å². The minimum atomic E-state index is -4.62. The second-order valence-corrected chi connectivity index (χ2v) is 23.3. The van der Waals surface area contributed by atoms with Crippen LogP contribution in [0.2, 0.25) is 0 Å². The Hall–Kier alpha value is -12.6. The Bertz CT molecular complexity index is 4520. The highest BCUT2D eigenvalue weighted by Crippen LogP contribution is 2.39. The van der Waals surface area contributed by atoms with E-state index in [2.05, 4.69) is 60.7 Å². The Balaban J connectivity index is 0.000000299. The van der Waals surface area contributed by atoms with Crippen LogP contribution in [0.3, 0.4) is 0 Å². The largest absolute Gasteiger partial charge is 0.477 e. The number of rotatable bonds is 15. The zero-order valence-corrected chi connectivity index (χ0v) is 61.3. The molecule has 38 heteroatoms. The molecule has 0 spiro atoms. The number of nitrogens with one attached hydrogen (secondary N) is 2. The fourth-order valence-corrected chi connectivity index (χ4v) is 9.74. The zero-order valence-electron chi connectivity index (χ0n) is 59.7. The number of Topliss-reactive ketones (excluding diaryl/α,β-unsaturated/α-hetero) is 1. The van der Waals surface area contributed by atoms with E-state index in [1.54, 1.807) is 12.1 Å². The van der Waals surface area contributed by atoms with Crippen molar-refractivity contribution >= 4 is 99.4 Å². The Kier molecular flexibility index (Phi) is 35.0. The van der Waals surface area contributed by atoms with Gasteiger partial charge in [-0.15, -0.1) is 0 Å². The molecule has 3 aliphatic heterocycles. The van der Waals surface area contributed by atoms with Gasteiger partial charge in [-0.3, -0.25) is 33.8 Å². The van der Waals surface area contributed by atoms with E-state index >= 15 is 0 Å². The highest BCUT2D eigenvalue weighted by atomic mass is 79.9. The van der Waals surface area contributed by atoms with Crippen molar-refractivity contribution in [1.29, 1.82) is 0 Å². The number of nitrogens with two attached hydrogens (primary N) is 1. The number of urea groups is 2. The lowest BCUT2D eigenvalue weighted by Crippen LogP contribution is -2.48. The number of aromatic nitrogens is 4. The number of aldehydes is 2. The van der Waals surface area contributed by atoms with Crippen LogP contribution in [-0.4, -0.2) is 146 Å². The summed E-state index contributed by atoms with van der Waals surface area (Å²) in [5, 5.41) is 14.1. The van der Waals surface area contributed by atoms with E-state index in [0.29, 0.717) is 28.5 Å². The first-order chi connectivity index (χ1) is 52.3. The van der Waals surface area contributed by atoms with Crippen LogP contribution in [-0.2, 0) is 77.3 Å². The number of carbonyl (C=O) groups is 12. The number of nitrogens with zero attached hydrogens (tertiary/aromatic N) is 6. The summed E-state index contributed by atoms with van der Waals surface area (Å²) >= 11 is 3.15. The van der Waals surface area contributed by atoms with Gasteiger partial charge in [0.2, 0.25) is 5.91 Å². The van der Waals surface area contributed by atoms with Crippen molar-refractivity contribution in [3.63, 3.8) is 0 Å². The molecule has 4 aromatic heterocycles. The van der Waals surface area contributed by atoms with Crippen LogP contribution in [0.5, 0.6) is 0 Å². The number of amides is 5. The molecule has 10 rings (SSSR count). The van der Waals surface area contributed by atoms with Crippen LogP contribution < -0.4 is 26.2 Å². The maximum absolute atomic E-state index is 13.1. The third-order valence-electron chi connectivity index (χ3n) is 14.8. The monoisotopic (exact) mass is 1630 g/mol. The number of carbonyl (C=O) groups excluding carboxylic acids is 11. The Labute approximate surface area is 634 Å². The summed E-state index contributed by atoms with van der Waals surface area (Å²) in [4.78, 5) is 152. The molecular weight excluding hydrogens is 1560 g/mol. The van der Waals surface area contributed by atoms with E-state index < -0.39 is 101 Å². The van der Waals surface area contributed by atoms with Crippen molar-refractivity contribution in [1.82, 2.24) is 30.6 Å². The number of aromatic carboxylic acids is 1. The standard InChI is InChI=1S/C21H18F3N3O5.C20H16F3N3O5.C9H8F3NO.C8H7NO3.C6H4BrNO.C5H8O3.C4H8O/c1-11-16(19(29)32-3)17(12-7-8-15(25-10-12)18(28)31-2)26-20(30)27(11)14-6-4-5-13(9-14)21(22,23)24;1-10-15(18(29)31-2)16(11-6-7-14(17(27)28)24-9-11)25-19(30)26(10)13-5-3-4-12(8-13)20(21,22)23;10-9(11,12)7-3-1-2-6(4-7)5-8(13)14;1-12-8(11)7-3-2-6(5-10)4-9-7;7-6-2-1-5(4-9)3-8-6;1-4(6)3-5(7)8-2;1-2-4-5-3-1/h4-10,17H,1-3H3,(H,26,30);3-9,16H,1-2H3,(H,25,30)(H,27,28);1-4H,5H2,(H2,13,14);2-5H,1H3;1-4H;3H2,1-2H3;1-4H2. The number of benzene rings is 3. The number of esters is 5. The second kappa shape index (κ2) is 42.8. The molecule has 7 aromatic rings. The van der Waals surface area contributed by atoms with E-state index in [4.69, 9.17) is 25.1 Å². The van der Waals surface area contributed by atoms with Crippen molar-refractivity contribution < 1.29 is 131 Å². The van der Waals surface area contributed by atoms with Gasteiger partial charge in [0, 0.05) is 60.5 Å². The Morgan fingerprint density at radius 1 is 0.541 bits per heavy atom. The molecule has 0 aliphatic carbocycles. The first-order valence-corrected chi connectivity index (χ1v) is 32.6. The predicted octanol–water partition coefficient (Wildman–Crippen LogP) is 12.1. The molecule has 111 heavy (non-hydrogen) atoms. The molecule has 2 unspecified atom stereocenters. The fraction of sp³-hybridized carbons (Fsp3) is 0.260. The van der Waals surface area contributed by atoms with Crippen molar-refractivity contribution in [3.8, 4) is 0 Å². The minimum absolute atomic E-state index is 0.00266. The number of carboxylic acid groups (broad SMARTS) is 1. The first kappa shape index (κ1) is 90.8. The third-order valence-corrected chi connectivity index (χ3v) is 15.2. The number of anilines is 2. The molecule has 5 amide bonds. The third kappa shape index (κ3) is 27.8. The summed E-state index contributed by atoms with van der Waals surface area (Å²) in [6.45, 7) is 6.17. The molecule has 0 saturated carbocycles. The summed E-state index contributed by atoms with van der Waals surface area (Å²) in [6, 6.07) is 21.0. The number of hydrogen-bond donors (Lipinski definition) is 4. The van der Waals surface area contributed by atoms with Gasteiger partial charge in [-0.05, 0) is 145 Å². The number of carboxylic acids is 1. The fourth-order valence-electron chi connectivity index (χ4n) is 9.50. The van der Waals surface area contributed by atoms with E-state index in [1.165, 1.54) is 140 Å². The van der Waals surface area contributed by atoms with Crippen LogP contribution >= 0.6 is 15.9 Å². The van der Waals surface area contributed by atoms with Gasteiger partial charge in [-0.25, -0.2) is 53.5 Å². The van der Waals surface area contributed by atoms with Gasteiger partial charge in [0.25, 0.3) is 0 Å². The molecule has 1 fully saturated rings. The van der Waals surface area contributed by atoms with Crippen molar-refractivity contribution in [2.75, 3.05) is 58.6 Å². The van der Waals surface area contributed by atoms with Crippen molar-refractivity contribution in [2.45, 2.75) is 77.1 Å². The summed E-state index contributed by atoms with van der Waals surface area (Å²) in [6.07, 6.45) is -4.62. The number of halogens is 10. The summed E-state index contributed by atoms with van der Waals surface area (Å²) in [7, 11) is 5.99. The summed E-state index contributed by atoms with van der Waals surface area (Å²) in [5.41, 5.74) is 4.05. The molecule has 0 radical (unpaired) electrons. The van der Waals surface area contributed by atoms with Gasteiger partial charge >= 0.3 is 66.4 Å². The summed E-state index contributed by atoms with van der Waals surface area (Å²) < 4.78 is 144. The lowest BCUT2D eigenvalue weighted by molar-refractivity contribution is -0.143. The zero-order chi connectivity index (χ0) is 83.1. The minimum Gasteiger partial charge on any atom is -0.477 e. The predicted molar refractivity (Wildman–Crippen MR) is 377 cm³/mol. The second-order valence-electron chi connectivity index (χ2n) is 22.5.